The van der Waals surface area contributed by atoms with Gasteiger partial charge in [-0.15, -0.1) is 0 Å². The first-order valence-electron chi connectivity index (χ1n) is 10.1. The number of carbonyl (C=O) groups excluding carboxylic acids is 2. The third kappa shape index (κ3) is 3.47. The molecule has 0 unspecified atom stereocenters. The number of hydrogen-bond acceptors (Lipinski definition) is 3. The molecule has 158 valence electrons. The molecule has 4 amide bonds. The number of benzene rings is 2. The fourth-order valence-electron chi connectivity index (χ4n) is 4.44. The second-order valence-electron chi connectivity index (χ2n) is 7.59. The summed E-state index contributed by atoms with van der Waals surface area (Å²) in [7, 11) is 0. The van der Waals surface area contributed by atoms with Crippen molar-refractivity contribution in [1.29, 1.82) is 0 Å². The van der Waals surface area contributed by atoms with Crippen LogP contribution in [0.5, 0.6) is 0 Å². The monoisotopic (exact) mass is 412 g/mol. The van der Waals surface area contributed by atoms with Gasteiger partial charge in [-0.1, -0.05) is 31.2 Å². The maximum Gasteiger partial charge on any atom is 0.326 e. The summed E-state index contributed by atoms with van der Waals surface area (Å²) < 4.78 is 13.5. The van der Waals surface area contributed by atoms with Crippen LogP contribution < -0.4 is 15.5 Å². The van der Waals surface area contributed by atoms with Gasteiger partial charge in [-0.2, -0.15) is 0 Å². The molecule has 3 N–H and O–H groups in total. The third-order valence-electron chi connectivity index (χ3n) is 5.77. The Hall–Kier alpha value is -3.13. The second kappa shape index (κ2) is 8.31. The highest BCUT2D eigenvalue weighted by Crippen LogP contribution is 2.48. The van der Waals surface area contributed by atoms with Crippen LogP contribution in [0, 0.1) is 5.82 Å². The zero-order valence-corrected chi connectivity index (χ0v) is 16.7. The summed E-state index contributed by atoms with van der Waals surface area (Å²) in [4.78, 5) is 28.9. The van der Waals surface area contributed by atoms with Crippen molar-refractivity contribution >= 4 is 23.4 Å². The van der Waals surface area contributed by atoms with Gasteiger partial charge in [0, 0.05) is 30.4 Å². The van der Waals surface area contributed by atoms with Crippen LogP contribution in [0.2, 0.25) is 0 Å². The third-order valence-corrected chi connectivity index (χ3v) is 5.77. The SMILES string of the molecule is CCCNC(=O)N1[C@@H](CO)[C@@H]2c3ccccc3N(C(=O)Nc3cccc(F)c3)C[C@@H]21. The van der Waals surface area contributed by atoms with Crippen molar-refractivity contribution in [3.8, 4) is 0 Å². The Morgan fingerprint density at radius 1 is 1.17 bits per heavy atom. The molecule has 0 bridgehead atoms. The lowest BCUT2D eigenvalue weighted by Gasteiger charge is -2.58. The highest BCUT2D eigenvalue weighted by Gasteiger charge is 2.55. The molecular formula is C22H25FN4O3. The summed E-state index contributed by atoms with van der Waals surface area (Å²) in [6.07, 6.45) is 0.808. The Morgan fingerprint density at radius 3 is 2.70 bits per heavy atom. The molecule has 1 fully saturated rings. The van der Waals surface area contributed by atoms with Crippen molar-refractivity contribution in [2.24, 2.45) is 0 Å². The number of likely N-dealkylation sites (tertiary alicyclic amines) is 1. The number of fused-ring (bicyclic) bond motifs is 3. The quantitative estimate of drug-likeness (QED) is 0.721. The van der Waals surface area contributed by atoms with E-state index in [1.54, 1.807) is 15.9 Å². The molecule has 0 aliphatic carbocycles. The average molecular weight is 412 g/mol. The van der Waals surface area contributed by atoms with Crippen molar-refractivity contribution in [2.45, 2.75) is 31.3 Å². The zero-order chi connectivity index (χ0) is 21.3. The van der Waals surface area contributed by atoms with Gasteiger partial charge in [0.1, 0.15) is 5.82 Å². The predicted octanol–water partition coefficient (Wildman–Crippen LogP) is 3.13. The van der Waals surface area contributed by atoms with Crippen molar-refractivity contribution in [3.05, 3.63) is 59.9 Å². The first-order valence-corrected chi connectivity index (χ1v) is 10.1. The van der Waals surface area contributed by atoms with E-state index < -0.39 is 11.8 Å². The van der Waals surface area contributed by atoms with Crippen molar-refractivity contribution in [3.63, 3.8) is 0 Å². The number of aliphatic hydroxyl groups excluding tert-OH is 1. The number of para-hydroxylation sites is 1. The van der Waals surface area contributed by atoms with Gasteiger partial charge in [0.2, 0.25) is 0 Å². The van der Waals surface area contributed by atoms with E-state index in [2.05, 4.69) is 10.6 Å². The molecule has 0 spiro atoms. The Labute approximate surface area is 174 Å². The van der Waals surface area contributed by atoms with E-state index in [0.29, 0.717) is 18.8 Å². The van der Waals surface area contributed by atoms with E-state index >= 15 is 0 Å². The van der Waals surface area contributed by atoms with Gasteiger partial charge < -0.3 is 20.6 Å². The molecule has 8 heteroatoms. The van der Waals surface area contributed by atoms with Gasteiger partial charge in [0.05, 0.1) is 18.7 Å². The molecule has 2 aromatic carbocycles. The Balaban J connectivity index is 1.62. The molecule has 2 heterocycles. The van der Waals surface area contributed by atoms with Gasteiger partial charge in [-0.05, 0) is 36.2 Å². The maximum absolute atomic E-state index is 13.5. The van der Waals surface area contributed by atoms with Gasteiger partial charge in [-0.25, -0.2) is 14.0 Å². The van der Waals surface area contributed by atoms with Gasteiger partial charge in [-0.3, -0.25) is 4.90 Å². The predicted molar refractivity (Wildman–Crippen MR) is 112 cm³/mol. The normalized spacial score (nSPS) is 21.9. The highest BCUT2D eigenvalue weighted by molar-refractivity contribution is 6.03. The van der Waals surface area contributed by atoms with Gasteiger partial charge >= 0.3 is 12.1 Å². The molecule has 3 atom stereocenters. The summed E-state index contributed by atoms with van der Waals surface area (Å²) in [5.41, 5.74) is 2.01. The lowest BCUT2D eigenvalue weighted by atomic mass is 9.72. The van der Waals surface area contributed by atoms with Crippen molar-refractivity contribution < 1.29 is 19.1 Å². The first-order chi connectivity index (χ1) is 14.5. The van der Waals surface area contributed by atoms with Gasteiger partial charge in [0.15, 0.2) is 0 Å². The highest BCUT2D eigenvalue weighted by atomic mass is 19.1. The van der Waals surface area contributed by atoms with E-state index in [4.69, 9.17) is 0 Å². The molecule has 0 saturated carbocycles. The van der Waals surface area contributed by atoms with E-state index in [0.717, 1.165) is 17.7 Å². The number of urea groups is 2. The fourth-order valence-corrected chi connectivity index (χ4v) is 4.44. The molecule has 2 aromatic rings. The number of carbonyl (C=O) groups is 2. The Bertz CT molecular complexity index is 953. The molecule has 0 radical (unpaired) electrons. The Kier molecular flexibility index (Phi) is 5.59. The summed E-state index contributed by atoms with van der Waals surface area (Å²) in [6, 6.07) is 12.0. The molecule has 30 heavy (non-hydrogen) atoms. The number of halogens is 1. The van der Waals surface area contributed by atoms with Crippen LogP contribution in [0.25, 0.3) is 0 Å². The zero-order valence-electron chi connectivity index (χ0n) is 16.7. The minimum absolute atomic E-state index is 0.0446. The topological polar surface area (TPSA) is 84.9 Å². The fraction of sp³-hybridized carbons (Fsp3) is 0.364. The maximum atomic E-state index is 13.5. The lowest BCUT2D eigenvalue weighted by molar-refractivity contribution is -0.00673. The number of aliphatic hydroxyl groups is 1. The molecule has 1 saturated heterocycles. The van der Waals surface area contributed by atoms with Crippen LogP contribution in [-0.2, 0) is 0 Å². The smallest absolute Gasteiger partial charge is 0.326 e. The van der Waals surface area contributed by atoms with Crippen LogP contribution in [0.1, 0.15) is 24.8 Å². The summed E-state index contributed by atoms with van der Waals surface area (Å²) in [5.74, 6) is -0.479. The molecular weight excluding hydrogens is 387 g/mol. The first kappa shape index (κ1) is 20.2. The van der Waals surface area contributed by atoms with E-state index in [1.165, 1.54) is 18.2 Å². The average Bonchev–Trinajstić information content (AvgIpc) is 2.72. The number of rotatable bonds is 4. The standard InChI is InChI=1S/C22H25FN4O3/c1-2-10-24-21(29)27-18-12-26(22(30)25-15-7-5-6-14(23)11-15)17-9-4-3-8-16(17)20(18)19(27)13-28/h3-9,11,18-20,28H,2,10,12-13H2,1H3,(H,24,29)(H,25,30)/t18-,19-,20+/m0/s1. The number of amides is 4. The summed E-state index contributed by atoms with van der Waals surface area (Å²) in [6.45, 7) is 2.66. The minimum Gasteiger partial charge on any atom is -0.394 e. The molecule has 2 aliphatic rings. The summed E-state index contributed by atoms with van der Waals surface area (Å²) >= 11 is 0. The lowest BCUT2D eigenvalue weighted by Crippen LogP contribution is -2.72. The van der Waals surface area contributed by atoms with Crippen LogP contribution in [0.4, 0.5) is 25.4 Å². The number of hydrogen-bond donors (Lipinski definition) is 3. The molecule has 7 nitrogen and oxygen atoms in total. The minimum atomic E-state index is -0.435. The number of anilines is 2. The summed E-state index contributed by atoms with van der Waals surface area (Å²) in [5, 5.41) is 15.5. The van der Waals surface area contributed by atoms with Crippen molar-refractivity contribution in [1.82, 2.24) is 10.2 Å². The van der Waals surface area contributed by atoms with E-state index in [9.17, 15) is 19.1 Å². The van der Waals surface area contributed by atoms with Crippen molar-refractivity contribution in [2.75, 3.05) is 29.9 Å². The van der Waals surface area contributed by atoms with Crippen LogP contribution in [0.3, 0.4) is 0 Å². The van der Waals surface area contributed by atoms with Gasteiger partial charge in [0.25, 0.3) is 0 Å². The van der Waals surface area contributed by atoms with E-state index in [1.807, 2.05) is 31.2 Å². The number of nitrogens with zero attached hydrogens (tertiary/aromatic N) is 2. The van der Waals surface area contributed by atoms with E-state index in [-0.39, 0.29) is 30.6 Å². The molecule has 4 rings (SSSR count). The largest absolute Gasteiger partial charge is 0.394 e. The second-order valence-corrected chi connectivity index (χ2v) is 7.59. The van der Waals surface area contributed by atoms with Crippen LogP contribution in [-0.4, -0.2) is 53.8 Å². The molecule has 2 aliphatic heterocycles. The Morgan fingerprint density at radius 2 is 1.97 bits per heavy atom. The van der Waals surface area contributed by atoms with Crippen LogP contribution in [0.15, 0.2) is 48.5 Å². The number of nitrogens with one attached hydrogen (secondary N) is 2. The molecule has 0 aromatic heterocycles. The van der Waals surface area contributed by atoms with Crippen LogP contribution >= 0.6 is 0 Å².